The first-order chi connectivity index (χ1) is 9.15. The molecule has 1 N–H and O–H groups in total. The molecule has 3 rings (SSSR count). The highest BCUT2D eigenvalue weighted by molar-refractivity contribution is 5.79. The summed E-state index contributed by atoms with van der Waals surface area (Å²) in [5.74, 6) is 0.179. The lowest BCUT2D eigenvalue weighted by Gasteiger charge is -2.04. The van der Waals surface area contributed by atoms with Crippen LogP contribution in [0.5, 0.6) is 0 Å². The smallest absolute Gasteiger partial charge is 0.259 e. The fraction of sp³-hybridized carbons (Fsp3) is 0.0667. The maximum Gasteiger partial charge on any atom is 0.259 e. The minimum absolute atomic E-state index is 0.192. The number of aromatic amines is 1. The summed E-state index contributed by atoms with van der Waals surface area (Å²) in [5.41, 5.74) is 1.65. The molecule has 0 aliphatic heterocycles. The van der Waals surface area contributed by atoms with Crippen LogP contribution in [0.25, 0.3) is 22.3 Å². The Bertz CT molecular complexity index is 824. The second-order valence-electron chi connectivity index (χ2n) is 4.40. The van der Waals surface area contributed by atoms with Crippen LogP contribution in [0.15, 0.2) is 47.3 Å². The van der Waals surface area contributed by atoms with E-state index < -0.39 is 0 Å². The number of nitrogens with one attached hydrogen (secondary N) is 1. The molecule has 19 heavy (non-hydrogen) atoms. The molecule has 0 amide bonds. The Morgan fingerprint density at radius 2 is 1.95 bits per heavy atom. The van der Waals surface area contributed by atoms with Crippen LogP contribution >= 0.6 is 0 Å². The van der Waals surface area contributed by atoms with E-state index in [-0.39, 0.29) is 11.4 Å². The Balaban J connectivity index is 2.25. The summed E-state index contributed by atoms with van der Waals surface area (Å²) in [6.07, 6.45) is 0. The molecule has 0 bridgehead atoms. The normalized spacial score (nSPS) is 10.8. The number of hydrogen-bond donors (Lipinski definition) is 1. The number of aromatic nitrogens is 2. The van der Waals surface area contributed by atoms with Gasteiger partial charge in [-0.25, -0.2) is 9.37 Å². The second-order valence-corrected chi connectivity index (χ2v) is 4.40. The van der Waals surface area contributed by atoms with E-state index in [2.05, 4.69) is 9.97 Å². The van der Waals surface area contributed by atoms with Gasteiger partial charge in [0.2, 0.25) is 0 Å². The molecular weight excluding hydrogens is 243 g/mol. The molecular formula is C15H11FN2O. The van der Waals surface area contributed by atoms with E-state index in [1.54, 1.807) is 37.3 Å². The number of aryl methyl sites for hydroxylation is 1. The predicted molar refractivity (Wildman–Crippen MR) is 72.5 cm³/mol. The third-order valence-corrected chi connectivity index (χ3v) is 3.04. The van der Waals surface area contributed by atoms with Gasteiger partial charge >= 0.3 is 0 Å². The zero-order chi connectivity index (χ0) is 13.4. The van der Waals surface area contributed by atoms with Crippen molar-refractivity contribution in [2.45, 2.75) is 6.92 Å². The van der Waals surface area contributed by atoms with Gasteiger partial charge < -0.3 is 4.98 Å². The molecule has 0 saturated heterocycles. The number of H-pyrrole nitrogens is 1. The Labute approximate surface area is 108 Å². The van der Waals surface area contributed by atoms with Gasteiger partial charge in [-0.05, 0) is 42.8 Å². The quantitative estimate of drug-likeness (QED) is 0.725. The minimum Gasteiger partial charge on any atom is -0.306 e. The van der Waals surface area contributed by atoms with Crippen LogP contribution in [0, 0.1) is 12.7 Å². The van der Waals surface area contributed by atoms with Gasteiger partial charge in [-0.1, -0.05) is 12.1 Å². The van der Waals surface area contributed by atoms with Gasteiger partial charge in [-0.15, -0.1) is 0 Å². The van der Waals surface area contributed by atoms with Gasteiger partial charge in [-0.2, -0.15) is 0 Å². The third kappa shape index (κ3) is 2.01. The molecule has 0 unspecified atom stereocenters. The SMILES string of the molecule is Cc1cc(-c2nc3ccccc3c(=O)[nH]2)ccc1F. The van der Waals surface area contributed by atoms with E-state index in [1.807, 2.05) is 6.07 Å². The van der Waals surface area contributed by atoms with E-state index in [1.165, 1.54) is 6.07 Å². The fourth-order valence-corrected chi connectivity index (χ4v) is 2.02. The maximum atomic E-state index is 13.3. The Hall–Kier alpha value is -2.49. The number of fused-ring (bicyclic) bond motifs is 1. The first kappa shape index (κ1) is 11.6. The monoisotopic (exact) mass is 254 g/mol. The summed E-state index contributed by atoms with van der Waals surface area (Å²) in [5, 5.41) is 0.546. The first-order valence-electron chi connectivity index (χ1n) is 5.91. The van der Waals surface area contributed by atoms with Gasteiger partial charge in [0.15, 0.2) is 0 Å². The van der Waals surface area contributed by atoms with Crippen LogP contribution in [0.1, 0.15) is 5.56 Å². The van der Waals surface area contributed by atoms with Gasteiger partial charge in [0, 0.05) is 5.56 Å². The standard InChI is InChI=1S/C15H11FN2O/c1-9-8-10(6-7-12(9)16)14-17-13-5-3-2-4-11(13)15(19)18-14/h2-8H,1H3,(H,17,18,19). The lowest BCUT2D eigenvalue weighted by molar-refractivity contribution is 0.618. The van der Waals surface area contributed by atoms with Crippen LogP contribution in [0.2, 0.25) is 0 Å². The third-order valence-electron chi connectivity index (χ3n) is 3.04. The van der Waals surface area contributed by atoms with Crippen molar-refractivity contribution in [2.24, 2.45) is 0 Å². The van der Waals surface area contributed by atoms with Gasteiger partial charge in [0.05, 0.1) is 10.9 Å². The van der Waals surface area contributed by atoms with E-state index in [0.29, 0.717) is 27.9 Å². The molecule has 4 heteroatoms. The molecule has 0 spiro atoms. The van der Waals surface area contributed by atoms with Crippen LogP contribution in [-0.2, 0) is 0 Å². The van der Waals surface area contributed by atoms with Gasteiger partial charge in [-0.3, -0.25) is 4.79 Å². The molecule has 2 aromatic carbocycles. The van der Waals surface area contributed by atoms with Crippen LogP contribution in [0.3, 0.4) is 0 Å². The van der Waals surface area contributed by atoms with E-state index in [0.717, 1.165) is 0 Å². The average molecular weight is 254 g/mol. The molecule has 1 aromatic heterocycles. The van der Waals surface area contributed by atoms with Crippen molar-refractivity contribution < 1.29 is 4.39 Å². The number of rotatable bonds is 1. The summed E-state index contributed by atoms with van der Waals surface area (Å²) in [6.45, 7) is 1.68. The summed E-state index contributed by atoms with van der Waals surface area (Å²) in [7, 11) is 0. The maximum absolute atomic E-state index is 13.3. The van der Waals surface area contributed by atoms with E-state index in [9.17, 15) is 9.18 Å². The van der Waals surface area contributed by atoms with Crippen molar-refractivity contribution in [3.05, 3.63) is 64.2 Å². The molecule has 0 saturated carbocycles. The summed E-state index contributed by atoms with van der Waals surface area (Å²) < 4.78 is 13.3. The molecule has 3 nitrogen and oxygen atoms in total. The van der Waals surface area contributed by atoms with Crippen molar-refractivity contribution in [3.8, 4) is 11.4 Å². The van der Waals surface area contributed by atoms with E-state index in [4.69, 9.17) is 0 Å². The van der Waals surface area contributed by atoms with Gasteiger partial charge in [0.25, 0.3) is 5.56 Å². The number of halogens is 1. The minimum atomic E-state index is -0.271. The number of benzene rings is 2. The number of para-hydroxylation sites is 1. The Morgan fingerprint density at radius 1 is 1.16 bits per heavy atom. The summed E-state index contributed by atoms with van der Waals surface area (Å²) in [6, 6.07) is 11.8. The highest BCUT2D eigenvalue weighted by atomic mass is 19.1. The molecule has 0 aliphatic carbocycles. The molecule has 0 aliphatic rings. The van der Waals surface area contributed by atoms with Crippen molar-refractivity contribution in [1.29, 1.82) is 0 Å². The lowest BCUT2D eigenvalue weighted by Crippen LogP contribution is -2.09. The average Bonchev–Trinajstić information content (AvgIpc) is 2.42. The van der Waals surface area contributed by atoms with Gasteiger partial charge in [0.1, 0.15) is 11.6 Å². The Morgan fingerprint density at radius 3 is 2.74 bits per heavy atom. The fourth-order valence-electron chi connectivity index (χ4n) is 2.02. The van der Waals surface area contributed by atoms with E-state index >= 15 is 0 Å². The van der Waals surface area contributed by atoms with Crippen molar-refractivity contribution >= 4 is 10.9 Å². The molecule has 0 fully saturated rings. The number of hydrogen-bond acceptors (Lipinski definition) is 2. The molecule has 94 valence electrons. The van der Waals surface area contributed by atoms with Crippen molar-refractivity contribution in [3.63, 3.8) is 0 Å². The van der Waals surface area contributed by atoms with Crippen LogP contribution in [0.4, 0.5) is 4.39 Å². The molecule has 1 heterocycles. The number of nitrogens with zero attached hydrogens (tertiary/aromatic N) is 1. The topological polar surface area (TPSA) is 45.8 Å². The lowest BCUT2D eigenvalue weighted by atomic mass is 10.1. The highest BCUT2D eigenvalue weighted by Crippen LogP contribution is 2.19. The summed E-state index contributed by atoms with van der Waals surface area (Å²) in [4.78, 5) is 19.1. The highest BCUT2D eigenvalue weighted by Gasteiger charge is 2.07. The zero-order valence-electron chi connectivity index (χ0n) is 10.3. The summed E-state index contributed by atoms with van der Waals surface area (Å²) >= 11 is 0. The predicted octanol–water partition coefficient (Wildman–Crippen LogP) is 3.04. The molecule has 0 radical (unpaired) electrons. The molecule has 0 atom stereocenters. The van der Waals surface area contributed by atoms with Crippen molar-refractivity contribution in [2.75, 3.05) is 0 Å². The van der Waals surface area contributed by atoms with Crippen molar-refractivity contribution in [1.82, 2.24) is 9.97 Å². The molecule has 3 aromatic rings. The zero-order valence-corrected chi connectivity index (χ0v) is 10.3. The second kappa shape index (κ2) is 4.31. The van der Waals surface area contributed by atoms with Crippen LogP contribution in [-0.4, -0.2) is 9.97 Å². The Kier molecular flexibility index (Phi) is 2.63. The first-order valence-corrected chi connectivity index (χ1v) is 5.91. The largest absolute Gasteiger partial charge is 0.306 e. The van der Waals surface area contributed by atoms with Crippen LogP contribution < -0.4 is 5.56 Å².